The van der Waals surface area contributed by atoms with Gasteiger partial charge in [-0.15, -0.1) is 23.4 Å². The van der Waals surface area contributed by atoms with Gasteiger partial charge in [-0.25, -0.2) is 9.59 Å². The molecule has 3 aromatic rings. The van der Waals surface area contributed by atoms with Crippen LogP contribution >= 0.6 is 34.9 Å². The number of hydrogen-bond donors (Lipinski definition) is 2. The van der Waals surface area contributed by atoms with E-state index in [2.05, 4.69) is 19.8 Å². The monoisotopic (exact) mass is 726 g/mol. The van der Waals surface area contributed by atoms with Gasteiger partial charge in [-0.05, 0) is 51.3 Å². The molecule has 5 rings (SSSR count). The average Bonchev–Trinajstić information content (AvgIpc) is 3.50. The molecule has 2 amide bonds. The number of halogens is 1. The van der Waals surface area contributed by atoms with E-state index in [-0.39, 0.29) is 22.5 Å². The second-order valence-electron chi connectivity index (χ2n) is 12.6. The molecule has 2 aromatic carbocycles. The predicted molar refractivity (Wildman–Crippen MR) is 185 cm³/mol. The van der Waals surface area contributed by atoms with E-state index in [9.17, 15) is 19.2 Å². The highest BCUT2D eigenvalue weighted by Gasteiger charge is 2.55. The number of carbonyl (C=O) groups is 4. The van der Waals surface area contributed by atoms with Gasteiger partial charge in [-0.1, -0.05) is 65.8 Å². The lowest BCUT2D eigenvalue weighted by Crippen LogP contribution is -2.71. The van der Waals surface area contributed by atoms with Crippen LogP contribution in [0.3, 0.4) is 0 Å². The van der Waals surface area contributed by atoms with Crippen molar-refractivity contribution in [3.8, 4) is 0 Å². The van der Waals surface area contributed by atoms with Gasteiger partial charge in [0, 0.05) is 23.2 Å². The minimum Gasteiger partial charge on any atom is -0.457 e. The molecule has 16 heteroatoms. The summed E-state index contributed by atoms with van der Waals surface area (Å²) < 4.78 is 15.5. The largest absolute Gasteiger partial charge is 0.457 e. The lowest BCUT2D eigenvalue weighted by Gasteiger charge is -2.49. The highest BCUT2D eigenvalue weighted by atomic mass is 35.5. The summed E-state index contributed by atoms with van der Waals surface area (Å²) in [5.41, 5.74) is 5.00. The summed E-state index contributed by atoms with van der Waals surface area (Å²) >= 11 is 8.41. The molecule has 1 aromatic heterocycles. The average molecular weight is 727 g/mol. The number of thioether (sulfide) groups is 1. The molecular weight excluding hydrogens is 692 g/mol. The van der Waals surface area contributed by atoms with Crippen molar-refractivity contribution in [1.29, 1.82) is 0 Å². The van der Waals surface area contributed by atoms with Gasteiger partial charge in [-0.3, -0.25) is 14.5 Å². The second kappa shape index (κ2) is 14.6. The Bertz CT molecular complexity index is 1750. The van der Waals surface area contributed by atoms with E-state index in [0.29, 0.717) is 11.3 Å². The fourth-order valence-electron chi connectivity index (χ4n) is 4.84. The van der Waals surface area contributed by atoms with Crippen LogP contribution in [0, 0.1) is 0 Å². The molecule has 0 unspecified atom stereocenters. The molecule has 0 saturated carbocycles. The second-order valence-corrected chi connectivity index (χ2v) is 14.7. The molecule has 258 valence electrons. The van der Waals surface area contributed by atoms with Gasteiger partial charge >= 0.3 is 11.9 Å². The minimum atomic E-state index is -1.60. The van der Waals surface area contributed by atoms with Gasteiger partial charge in [0.1, 0.15) is 22.7 Å². The quantitative estimate of drug-likeness (QED) is 0.0953. The van der Waals surface area contributed by atoms with Crippen molar-refractivity contribution in [1.82, 2.24) is 19.6 Å². The Morgan fingerprint density at radius 3 is 2.20 bits per heavy atom. The summed E-state index contributed by atoms with van der Waals surface area (Å²) in [6, 6.07) is 17.5. The van der Waals surface area contributed by atoms with E-state index < -0.39 is 58.2 Å². The normalized spacial score (nSPS) is 18.1. The van der Waals surface area contributed by atoms with Gasteiger partial charge in [0.15, 0.2) is 11.2 Å². The number of amides is 2. The molecule has 0 radical (unpaired) electrons. The number of aromatic nitrogens is 2. The number of carbonyl (C=O) groups excluding carboxylic acids is 4. The molecular formula is C33H35ClN6O7S2. The summed E-state index contributed by atoms with van der Waals surface area (Å²) in [5.74, 6) is -2.72. The van der Waals surface area contributed by atoms with Crippen LogP contribution < -0.4 is 11.1 Å². The number of ether oxygens (including phenoxy) is 2. The first kappa shape index (κ1) is 35.8. The number of nitrogens with two attached hydrogens (primary N) is 1. The standard InChI is InChI=1S/C33H35ClN6O7S2/c1-32(2,3)46-30(44)33(4,5)47-38-21(25-37-31(35)49-39-25)26(41)36-22-27(42)40-23(20(16-34)17-48-28(22)40)29(43)45-24(18-12-8-6-9-13-18)19-14-10-7-11-15-19/h6-15,22,24,28H,16-17H2,1-5H3,(H,36,41)(H2,35,37,39)/b38-21-/t22-,28+/m1/s1. The topological polar surface area (TPSA) is 175 Å². The third-order valence-corrected chi connectivity index (χ3v) is 9.45. The minimum absolute atomic E-state index is 0.00913. The van der Waals surface area contributed by atoms with Crippen LogP contribution in [-0.4, -0.2) is 78.0 Å². The number of fused-ring (bicyclic) bond motifs is 1. The van der Waals surface area contributed by atoms with Gasteiger partial charge in [0.25, 0.3) is 11.8 Å². The number of esters is 2. The van der Waals surface area contributed by atoms with Gasteiger partial charge in [0.05, 0.1) is 0 Å². The number of oxime groups is 1. The third kappa shape index (κ3) is 8.06. The first-order valence-electron chi connectivity index (χ1n) is 15.1. The summed E-state index contributed by atoms with van der Waals surface area (Å²) in [4.78, 5) is 64.7. The highest BCUT2D eigenvalue weighted by molar-refractivity contribution is 8.00. The van der Waals surface area contributed by atoms with Crippen molar-refractivity contribution in [3.05, 3.63) is 88.9 Å². The number of rotatable bonds is 11. The Labute approximate surface area is 296 Å². The van der Waals surface area contributed by atoms with Crippen molar-refractivity contribution in [3.63, 3.8) is 0 Å². The molecule has 0 aliphatic carbocycles. The van der Waals surface area contributed by atoms with E-state index in [1.807, 2.05) is 60.7 Å². The maximum atomic E-state index is 13.9. The maximum Gasteiger partial charge on any atom is 0.356 e. The van der Waals surface area contributed by atoms with Crippen LogP contribution in [-0.2, 0) is 33.5 Å². The molecule has 1 fully saturated rings. The van der Waals surface area contributed by atoms with Crippen LogP contribution in [0.5, 0.6) is 0 Å². The fraction of sp³-hybridized carbons (Fsp3) is 0.364. The lowest BCUT2D eigenvalue weighted by molar-refractivity contribution is -0.179. The molecule has 2 aliphatic rings. The zero-order valence-electron chi connectivity index (χ0n) is 27.3. The Morgan fingerprint density at radius 1 is 1.06 bits per heavy atom. The van der Waals surface area contributed by atoms with Crippen LogP contribution in [0.2, 0.25) is 0 Å². The molecule has 49 heavy (non-hydrogen) atoms. The molecule has 0 spiro atoms. The van der Waals surface area contributed by atoms with Crippen molar-refractivity contribution in [2.24, 2.45) is 5.16 Å². The van der Waals surface area contributed by atoms with Crippen LogP contribution in [0.4, 0.5) is 5.13 Å². The summed E-state index contributed by atoms with van der Waals surface area (Å²) in [5, 5.41) is 5.98. The number of nitrogens with zero attached hydrogens (tertiary/aromatic N) is 4. The SMILES string of the molecule is CC(C)(C)OC(=O)C(C)(C)O/N=C(\C(=O)N[C@@H]1C(=O)N2C(C(=O)OC(c3ccccc3)c3ccccc3)=C(CCl)CS[C@@H]12)c1nsc(N)n1. The first-order valence-corrected chi connectivity index (χ1v) is 17.5. The zero-order chi connectivity index (χ0) is 35.5. The van der Waals surface area contributed by atoms with Crippen molar-refractivity contribution >= 4 is 69.5 Å². The third-order valence-electron chi connectivity index (χ3n) is 7.24. The molecule has 3 heterocycles. The van der Waals surface area contributed by atoms with Gasteiger partial charge in [0.2, 0.25) is 17.1 Å². The van der Waals surface area contributed by atoms with E-state index >= 15 is 0 Å². The molecule has 2 atom stereocenters. The van der Waals surface area contributed by atoms with Crippen LogP contribution in [0.25, 0.3) is 0 Å². The number of hydrogen-bond acceptors (Lipinski definition) is 13. The number of β-lactam (4-membered cyclic amide) rings is 1. The number of benzene rings is 2. The summed E-state index contributed by atoms with van der Waals surface area (Å²) in [6.07, 6.45) is -0.749. The maximum absolute atomic E-state index is 13.9. The Kier molecular flexibility index (Phi) is 10.6. The smallest absolute Gasteiger partial charge is 0.356 e. The Morgan fingerprint density at radius 2 is 1.67 bits per heavy atom. The van der Waals surface area contributed by atoms with E-state index in [1.54, 1.807) is 20.8 Å². The molecule has 1 saturated heterocycles. The highest BCUT2D eigenvalue weighted by Crippen LogP contribution is 2.42. The Balaban J connectivity index is 1.36. The summed E-state index contributed by atoms with van der Waals surface area (Å²) in [7, 11) is 0. The van der Waals surface area contributed by atoms with Gasteiger partial charge in [-0.2, -0.15) is 9.36 Å². The van der Waals surface area contributed by atoms with Gasteiger partial charge < -0.3 is 25.4 Å². The molecule has 3 N–H and O–H groups in total. The number of alkyl halides is 1. The molecule has 13 nitrogen and oxygen atoms in total. The number of nitrogens with one attached hydrogen (secondary N) is 1. The predicted octanol–water partition coefficient (Wildman–Crippen LogP) is 4.19. The van der Waals surface area contributed by atoms with Crippen molar-refractivity contribution in [2.45, 2.75) is 63.3 Å². The van der Waals surface area contributed by atoms with Crippen molar-refractivity contribution in [2.75, 3.05) is 17.4 Å². The first-order chi connectivity index (χ1) is 23.2. The molecule has 0 bridgehead atoms. The fourth-order valence-corrected chi connectivity index (χ4v) is 6.96. The van der Waals surface area contributed by atoms with Crippen molar-refractivity contribution < 1.29 is 33.5 Å². The summed E-state index contributed by atoms with van der Waals surface area (Å²) in [6.45, 7) is 7.96. The lowest BCUT2D eigenvalue weighted by atomic mass is 10.0. The Hall–Kier alpha value is -4.47. The van der Waals surface area contributed by atoms with E-state index in [0.717, 1.165) is 22.7 Å². The zero-order valence-corrected chi connectivity index (χ0v) is 29.7. The van der Waals surface area contributed by atoms with E-state index in [4.69, 9.17) is 31.6 Å². The van der Waals surface area contributed by atoms with Crippen LogP contribution in [0.15, 0.2) is 77.1 Å². The number of anilines is 1. The number of nitrogen functional groups attached to an aromatic ring is 1. The molecule has 2 aliphatic heterocycles. The van der Waals surface area contributed by atoms with Crippen LogP contribution in [0.1, 0.15) is 57.7 Å². The van der Waals surface area contributed by atoms with E-state index in [1.165, 1.54) is 30.5 Å².